The van der Waals surface area contributed by atoms with E-state index in [1.807, 2.05) is 6.08 Å². The molecule has 0 saturated carbocycles. The van der Waals surface area contributed by atoms with Crippen molar-refractivity contribution < 1.29 is 24.5 Å². The molecule has 6 heteroatoms. The van der Waals surface area contributed by atoms with Crippen LogP contribution in [-0.2, 0) is 14.3 Å². The van der Waals surface area contributed by atoms with Gasteiger partial charge < -0.3 is 20.3 Å². The molecule has 2 unspecified atom stereocenters. The van der Waals surface area contributed by atoms with E-state index in [2.05, 4.69) is 55.6 Å². The Bertz CT molecular complexity index is 1240. The lowest BCUT2D eigenvalue weighted by molar-refractivity contribution is -0.143. The fourth-order valence-electron chi connectivity index (χ4n) is 10.0. The molecule has 0 rings (SSSR count). The predicted octanol–water partition coefficient (Wildman–Crippen LogP) is 20.9. The lowest BCUT2D eigenvalue weighted by atomic mass is 10.0. The Morgan fingerprint density at radius 3 is 1.07 bits per heavy atom. The SMILES string of the molecule is CCCCC/C=C\C/C=C\CCCCCCCCCC(=O)OCCCCCCCC/C=C\CCCCCCCCCC(=O)NC(CO)C(O)/C=C/CCCCCCCCCCCCCCCCCCCCCCC. The molecule has 0 spiro atoms. The Labute approximate surface area is 461 Å². The molecule has 0 radical (unpaired) electrons. The normalized spacial score (nSPS) is 12.9. The van der Waals surface area contributed by atoms with Crippen LogP contribution in [0.15, 0.2) is 48.6 Å². The third kappa shape index (κ3) is 59.1. The number of unbranched alkanes of at least 4 members (excludes halogenated alkanes) is 44. The molecule has 0 heterocycles. The minimum atomic E-state index is -0.855. The van der Waals surface area contributed by atoms with E-state index in [9.17, 15) is 19.8 Å². The number of allylic oxidation sites excluding steroid dienone is 7. The monoisotopic (exact) mass is 1040 g/mol. The fourth-order valence-corrected chi connectivity index (χ4v) is 10.0. The molecule has 0 fully saturated rings. The van der Waals surface area contributed by atoms with Crippen LogP contribution in [0, 0.1) is 0 Å². The second-order valence-electron chi connectivity index (χ2n) is 22.4. The van der Waals surface area contributed by atoms with Gasteiger partial charge in [0, 0.05) is 12.8 Å². The van der Waals surface area contributed by atoms with Gasteiger partial charge in [0.25, 0.3) is 0 Å². The standard InChI is InChI=1S/C68H127NO5/c1-3-5-7-9-11-13-15-17-19-21-22-23-24-25-26-29-32-36-40-44-48-52-56-60-66(71)65(64-70)69-67(72)61-57-53-49-45-41-37-33-30-27-31-35-39-43-47-51-55-59-63-74-68(73)62-58-54-50-46-42-38-34-28-20-18-16-14-12-10-8-6-4-2/h12,14,18,20,27,31,56,60,65-66,70-71H,3-11,13,15-17,19,21-26,28-30,32-55,57-59,61-64H2,1-2H3,(H,69,72)/b14-12-,20-18-,31-27-,60-56+. The summed E-state index contributed by atoms with van der Waals surface area (Å²) in [6, 6.07) is -0.639. The van der Waals surface area contributed by atoms with E-state index >= 15 is 0 Å². The summed E-state index contributed by atoms with van der Waals surface area (Å²) < 4.78 is 5.48. The lowest BCUT2D eigenvalue weighted by Crippen LogP contribution is -2.45. The van der Waals surface area contributed by atoms with Gasteiger partial charge in [0.1, 0.15) is 0 Å². The molecule has 0 aliphatic rings. The first-order valence-corrected chi connectivity index (χ1v) is 32.9. The summed E-state index contributed by atoms with van der Waals surface area (Å²) in [6.45, 7) is 4.87. The number of aliphatic hydroxyl groups is 2. The molecule has 1 amide bonds. The summed E-state index contributed by atoms with van der Waals surface area (Å²) in [4.78, 5) is 24.6. The van der Waals surface area contributed by atoms with E-state index in [0.717, 1.165) is 64.2 Å². The van der Waals surface area contributed by atoms with Crippen molar-refractivity contribution in [1.82, 2.24) is 5.32 Å². The van der Waals surface area contributed by atoms with Crippen molar-refractivity contribution in [1.29, 1.82) is 0 Å². The minimum Gasteiger partial charge on any atom is -0.466 e. The van der Waals surface area contributed by atoms with Crippen molar-refractivity contribution in [3.05, 3.63) is 48.6 Å². The molecule has 2 atom stereocenters. The second-order valence-corrected chi connectivity index (χ2v) is 22.4. The maximum Gasteiger partial charge on any atom is 0.305 e. The highest BCUT2D eigenvalue weighted by Gasteiger charge is 2.18. The van der Waals surface area contributed by atoms with E-state index in [1.54, 1.807) is 6.08 Å². The van der Waals surface area contributed by atoms with E-state index in [-0.39, 0.29) is 18.5 Å². The maximum absolute atomic E-state index is 12.5. The Morgan fingerprint density at radius 1 is 0.378 bits per heavy atom. The van der Waals surface area contributed by atoms with Gasteiger partial charge >= 0.3 is 5.97 Å². The quantitative estimate of drug-likeness (QED) is 0.0320. The number of ether oxygens (including phenoxy) is 1. The van der Waals surface area contributed by atoms with E-state index < -0.39 is 12.1 Å². The smallest absolute Gasteiger partial charge is 0.305 e. The second kappa shape index (κ2) is 63.4. The van der Waals surface area contributed by atoms with Gasteiger partial charge in [-0.25, -0.2) is 0 Å². The zero-order valence-corrected chi connectivity index (χ0v) is 49.6. The number of aliphatic hydroxyl groups excluding tert-OH is 2. The van der Waals surface area contributed by atoms with Crippen LogP contribution in [0.3, 0.4) is 0 Å². The molecule has 0 bridgehead atoms. The molecule has 3 N–H and O–H groups in total. The van der Waals surface area contributed by atoms with Gasteiger partial charge in [-0.15, -0.1) is 0 Å². The fraction of sp³-hybridized carbons (Fsp3) is 0.853. The molecule has 0 aliphatic carbocycles. The molecule has 0 aromatic heterocycles. The Morgan fingerprint density at radius 2 is 0.676 bits per heavy atom. The molecule has 0 saturated heterocycles. The van der Waals surface area contributed by atoms with Gasteiger partial charge in [-0.1, -0.05) is 294 Å². The highest BCUT2D eigenvalue weighted by Crippen LogP contribution is 2.17. The van der Waals surface area contributed by atoms with Gasteiger partial charge in [-0.2, -0.15) is 0 Å². The van der Waals surface area contributed by atoms with Crippen LogP contribution in [0.5, 0.6) is 0 Å². The topological polar surface area (TPSA) is 95.9 Å². The number of carbonyl (C=O) groups excluding carboxylic acids is 2. The first-order valence-electron chi connectivity index (χ1n) is 32.9. The Kier molecular flexibility index (Phi) is 61.5. The number of hydrogen-bond acceptors (Lipinski definition) is 5. The Hall–Kier alpha value is -2.18. The number of nitrogens with one attached hydrogen (secondary N) is 1. The van der Waals surface area contributed by atoms with Gasteiger partial charge in [0.15, 0.2) is 0 Å². The largest absolute Gasteiger partial charge is 0.466 e. The average Bonchev–Trinajstić information content (AvgIpc) is 3.40. The van der Waals surface area contributed by atoms with Crippen LogP contribution in [-0.4, -0.2) is 47.4 Å². The van der Waals surface area contributed by atoms with Crippen molar-refractivity contribution in [3.63, 3.8) is 0 Å². The summed E-state index contributed by atoms with van der Waals surface area (Å²) >= 11 is 0. The zero-order chi connectivity index (χ0) is 53.6. The number of carbonyl (C=O) groups is 2. The number of rotatable bonds is 61. The van der Waals surface area contributed by atoms with Gasteiger partial charge in [0.2, 0.25) is 5.91 Å². The van der Waals surface area contributed by atoms with Crippen molar-refractivity contribution in [2.24, 2.45) is 0 Å². The molecule has 0 aromatic carbocycles. The number of hydrogen-bond donors (Lipinski definition) is 3. The van der Waals surface area contributed by atoms with Gasteiger partial charge in [0.05, 0.1) is 25.4 Å². The van der Waals surface area contributed by atoms with Crippen LogP contribution in [0.2, 0.25) is 0 Å². The van der Waals surface area contributed by atoms with Crippen molar-refractivity contribution in [2.75, 3.05) is 13.2 Å². The highest BCUT2D eigenvalue weighted by atomic mass is 16.5. The van der Waals surface area contributed by atoms with Crippen molar-refractivity contribution in [3.8, 4) is 0 Å². The molecule has 6 nitrogen and oxygen atoms in total. The van der Waals surface area contributed by atoms with Crippen LogP contribution >= 0.6 is 0 Å². The van der Waals surface area contributed by atoms with E-state index in [4.69, 9.17) is 4.74 Å². The summed E-state index contributed by atoms with van der Waals surface area (Å²) in [5.74, 6) is -0.0880. The van der Waals surface area contributed by atoms with E-state index in [0.29, 0.717) is 19.4 Å². The first kappa shape index (κ1) is 71.8. The summed E-state index contributed by atoms with van der Waals surface area (Å²) in [5, 5.41) is 23.2. The Balaban J connectivity index is 3.48. The number of esters is 1. The predicted molar refractivity (Wildman–Crippen MR) is 324 cm³/mol. The molecular weight excluding hydrogens is 911 g/mol. The highest BCUT2D eigenvalue weighted by molar-refractivity contribution is 5.76. The summed E-state index contributed by atoms with van der Waals surface area (Å²) in [6.07, 6.45) is 81.5. The van der Waals surface area contributed by atoms with Gasteiger partial charge in [-0.05, 0) is 89.9 Å². The summed E-state index contributed by atoms with van der Waals surface area (Å²) in [5.41, 5.74) is 0. The van der Waals surface area contributed by atoms with Gasteiger partial charge in [-0.3, -0.25) is 9.59 Å². The first-order chi connectivity index (χ1) is 36.5. The molecule has 0 aliphatic heterocycles. The van der Waals surface area contributed by atoms with Crippen LogP contribution < -0.4 is 5.32 Å². The average molecular weight is 1040 g/mol. The van der Waals surface area contributed by atoms with Crippen molar-refractivity contribution in [2.45, 2.75) is 360 Å². The zero-order valence-electron chi connectivity index (χ0n) is 49.6. The lowest BCUT2D eigenvalue weighted by Gasteiger charge is -2.20. The van der Waals surface area contributed by atoms with Crippen LogP contribution in [0.1, 0.15) is 348 Å². The minimum absolute atomic E-state index is 0.0103. The molecule has 0 aromatic rings. The van der Waals surface area contributed by atoms with Crippen LogP contribution in [0.25, 0.3) is 0 Å². The maximum atomic E-state index is 12.5. The summed E-state index contributed by atoms with van der Waals surface area (Å²) in [7, 11) is 0. The third-order valence-electron chi connectivity index (χ3n) is 15.1. The molecule has 434 valence electrons. The van der Waals surface area contributed by atoms with Crippen LogP contribution in [0.4, 0.5) is 0 Å². The van der Waals surface area contributed by atoms with Crippen molar-refractivity contribution >= 4 is 11.9 Å². The molecular formula is C68H127NO5. The molecule has 74 heavy (non-hydrogen) atoms. The van der Waals surface area contributed by atoms with E-state index in [1.165, 1.54) is 257 Å². The number of amides is 1. The third-order valence-corrected chi connectivity index (χ3v) is 15.1.